The molecule has 0 amide bonds. The van der Waals surface area contributed by atoms with Crippen LogP contribution in [0.5, 0.6) is 5.75 Å². The van der Waals surface area contributed by atoms with Crippen LogP contribution >= 0.6 is 0 Å². The third kappa shape index (κ3) is 5.22. The number of aryl methyl sites for hydroxylation is 1. The van der Waals surface area contributed by atoms with Crippen LogP contribution in [-0.4, -0.2) is 41.5 Å². The highest BCUT2D eigenvalue weighted by Crippen LogP contribution is 2.24. The number of benzene rings is 1. The van der Waals surface area contributed by atoms with Crippen molar-refractivity contribution in [3.8, 4) is 5.75 Å². The molecule has 28 heavy (non-hydrogen) atoms. The Kier molecular flexibility index (Phi) is 6.47. The third-order valence-electron chi connectivity index (χ3n) is 4.73. The number of rotatable bonds is 9. The number of carboxylic acids is 1. The van der Waals surface area contributed by atoms with Crippen LogP contribution in [-0.2, 0) is 17.6 Å². The Morgan fingerprint density at radius 1 is 1.43 bits per heavy atom. The summed E-state index contributed by atoms with van der Waals surface area (Å²) in [7, 11) is 0. The Balaban J connectivity index is 1.55. The molecule has 1 aromatic carbocycles. The maximum Gasteiger partial charge on any atom is 0.305 e. The molecule has 0 radical (unpaired) electrons. The molecule has 0 aliphatic carbocycles. The van der Waals surface area contributed by atoms with Crippen LogP contribution in [0.15, 0.2) is 30.3 Å². The lowest BCUT2D eigenvalue weighted by Crippen LogP contribution is -2.23. The van der Waals surface area contributed by atoms with Crippen molar-refractivity contribution in [3.63, 3.8) is 0 Å². The predicted octanol–water partition coefficient (Wildman–Crippen LogP) is 3.33. The van der Waals surface area contributed by atoms with E-state index in [2.05, 4.69) is 29.7 Å². The zero-order valence-corrected chi connectivity index (χ0v) is 16.0. The van der Waals surface area contributed by atoms with Crippen molar-refractivity contribution < 1.29 is 14.6 Å². The van der Waals surface area contributed by atoms with E-state index in [0.29, 0.717) is 36.9 Å². The number of anilines is 2. The Labute approximate surface area is 164 Å². The van der Waals surface area contributed by atoms with Gasteiger partial charge in [0.1, 0.15) is 11.6 Å². The molecule has 7 heteroatoms. The van der Waals surface area contributed by atoms with Gasteiger partial charge in [0.25, 0.3) is 0 Å². The maximum atomic E-state index is 10.6. The van der Waals surface area contributed by atoms with E-state index in [1.165, 1.54) is 11.8 Å². The molecular formula is C21H26N4O3. The molecule has 0 saturated heterocycles. The molecule has 0 bridgehead atoms. The quantitative estimate of drug-likeness (QED) is 0.496. The number of pyridine rings is 1. The summed E-state index contributed by atoms with van der Waals surface area (Å²) >= 11 is 0. The average Bonchev–Trinajstić information content (AvgIpc) is 2.68. The molecule has 148 valence electrons. The van der Waals surface area contributed by atoms with E-state index in [4.69, 9.17) is 20.2 Å². The molecule has 4 N–H and O–H groups in total. The number of nitrogens with one attached hydrogen (secondary N) is 3. The van der Waals surface area contributed by atoms with Crippen molar-refractivity contribution in [2.24, 2.45) is 0 Å². The zero-order chi connectivity index (χ0) is 19.9. The standard InChI is InChI=1S/C21H26N4O3/c1-14-2-3-15-4-5-17(25-21(15)24-14)9-11-28-18-6-7-19(16(12-18)13-22)23-10-8-20(26)27/h4-7,12-14,22-23H,2-3,8-11H2,1H3,(H,24,25)(H,26,27). The SMILES string of the molecule is CC1CCc2ccc(CCOc3ccc(NCCC(=O)O)c(C=N)c3)nc2N1. The summed E-state index contributed by atoms with van der Waals surface area (Å²) < 4.78 is 5.83. The highest BCUT2D eigenvalue weighted by Gasteiger charge is 2.15. The van der Waals surface area contributed by atoms with Gasteiger partial charge in [-0.25, -0.2) is 4.98 Å². The number of ether oxygens (including phenoxy) is 1. The topological polar surface area (TPSA) is 107 Å². The largest absolute Gasteiger partial charge is 0.493 e. The molecule has 0 saturated carbocycles. The maximum absolute atomic E-state index is 10.6. The van der Waals surface area contributed by atoms with Crippen LogP contribution in [0.4, 0.5) is 11.5 Å². The van der Waals surface area contributed by atoms with Crippen molar-refractivity contribution >= 4 is 23.7 Å². The summed E-state index contributed by atoms with van der Waals surface area (Å²) in [5, 5.41) is 22.7. The fraction of sp³-hybridized carbons (Fsp3) is 0.381. The molecule has 7 nitrogen and oxygen atoms in total. The van der Waals surface area contributed by atoms with E-state index in [1.807, 2.05) is 6.07 Å². The van der Waals surface area contributed by atoms with Gasteiger partial charge in [-0.3, -0.25) is 4.79 Å². The second kappa shape index (κ2) is 9.21. The van der Waals surface area contributed by atoms with E-state index >= 15 is 0 Å². The number of carbonyl (C=O) groups is 1. The van der Waals surface area contributed by atoms with Gasteiger partial charge in [0.2, 0.25) is 0 Å². The molecule has 1 unspecified atom stereocenters. The van der Waals surface area contributed by atoms with Crippen LogP contribution in [0.2, 0.25) is 0 Å². The van der Waals surface area contributed by atoms with Crippen LogP contribution in [0.1, 0.15) is 36.6 Å². The minimum atomic E-state index is -0.857. The number of hydrogen-bond acceptors (Lipinski definition) is 6. The van der Waals surface area contributed by atoms with Crippen LogP contribution < -0.4 is 15.4 Å². The molecule has 1 aliphatic rings. The second-order valence-corrected chi connectivity index (χ2v) is 6.96. The molecule has 3 rings (SSSR count). The van der Waals surface area contributed by atoms with Crippen LogP contribution in [0.25, 0.3) is 0 Å². The minimum Gasteiger partial charge on any atom is -0.493 e. The summed E-state index contributed by atoms with van der Waals surface area (Å²) in [5.41, 5.74) is 3.64. The van der Waals surface area contributed by atoms with Gasteiger partial charge in [-0.15, -0.1) is 0 Å². The number of fused-ring (bicyclic) bond motifs is 1. The zero-order valence-electron chi connectivity index (χ0n) is 16.0. The van der Waals surface area contributed by atoms with Gasteiger partial charge in [0, 0.05) is 42.2 Å². The Hall–Kier alpha value is -3.09. The van der Waals surface area contributed by atoms with Gasteiger partial charge < -0.3 is 25.9 Å². The monoisotopic (exact) mass is 382 g/mol. The first-order valence-electron chi connectivity index (χ1n) is 9.53. The summed E-state index contributed by atoms with van der Waals surface area (Å²) in [6.45, 7) is 2.97. The minimum absolute atomic E-state index is 0.0249. The number of carboxylic acid groups (broad SMARTS) is 1. The normalized spacial score (nSPS) is 15.2. The van der Waals surface area contributed by atoms with Crippen molar-refractivity contribution in [3.05, 3.63) is 47.2 Å². The summed E-state index contributed by atoms with van der Waals surface area (Å²) in [6.07, 6.45) is 4.15. The highest BCUT2D eigenvalue weighted by molar-refractivity contribution is 5.86. The number of nitrogens with zero attached hydrogens (tertiary/aromatic N) is 1. The molecule has 0 fully saturated rings. The molecule has 1 aliphatic heterocycles. The lowest BCUT2D eigenvalue weighted by molar-refractivity contribution is -0.136. The Morgan fingerprint density at radius 3 is 3.07 bits per heavy atom. The summed E-state index contributed by atoms with van der Waals surface area (Å²) in [6, 6.07) is 10.0. The molecular weight excluding hydrogens is 356 g/mol. The average molecular weight is 382 g/mol. The van der Waals surface area contributed by atoms with Gasteiger partial charge in [0.05, 0.1) is 13.0 Å². The van der Waals surface area contributed by atoms with E-state index in [9.17, 15) is 4.79 Å². The molecule has 2 aromatic rings. The van der Waals surface area contributed by atoms with E-state index < -0.39 is 5.97 Å². The predicted molar refractivity (Wildman–Crippen MR) is 110 cm³/mol. The van der Waals surface area contributed by atoms with Crippen molar-refractivity contribution in [2.45, 2.75) is 38.6 Å². The van der Waals surface area contributed by atoms with Crippen LogP contribution in [0.3, 0.4) is 0 Å². The van der Waals surface area contributed by atoms with Gasteiger partial charge in [0.15, 0.2) is 0 Å². The Bertz CT molecular complexity index is 854. The van der Waals surface area contributed by atoms with Crippen LogP contribution in [0, 0.1) is 5.41 Å². The summed E-state index contributed by atoms with van der Waals surface area (Å²) in [5.74, 6) is 0.801. The molecule has 1 atom stereocenters. The van der Waals surface area contributed by atoms with Crippen molar-refractivity contribution in [2.75, 3.05) is 23.8 Å². The lowest BCUT2D eigenvalue weighted by atomic mass is 10.0. The fourth-order valence-corrected chi connectivity index (χ4v) is 3.16. The van der Waals surface area contributed by atoms with Gasteiger partial charge >= 0.3 is 5.97 Å². The van der Waals surface area contributed by atoms with Gasteiger partial charge in [-0.1, -0.05) is 6.07 Å². The first-order valence-corrected chi connectivity index (χ1v) is 9.53. The fourth-order valence-electron chi connectivity index (χ4n) is 3.16. The first kappa shape index (κ1) is 19.7. The van der Waals surface area contributed by atoms with E-state index in [0.717, 1.165) is 30.0 Å². The lowest BCUT2D eigenvalue weighted by Gasteiger charge is -2.23. The second-order valence-electron chi connectivity index (χ2n) is 6.96. The van der Waals surface area contributed by atoms with Gasteiger partial charge in [-0.05, 0) is 49.6 Å². The van der Waals surface area contributed by atoms with Gasteiger partial charge in [-0.2, -0.15) is 0 Å². The first-order chi connectivity index (χ1) is 13.5. The molecule has 1 aromatic heterocycles. The van der Waals surface area contributed by atoms with E-state index in [-0.39, 0.29) is 6.42 Å². The number of aliphatic carboxylic acids is 1. The third-order valence-corrected chi connectivity index (χ3v) is 4.73. The highest BCUT2D eigenvalue weighted by atomic mass is 16.5. The van der Waals surface area contributed by atoms with Crippen molar-refractivity contribution in [1.29, 1.82) is 5.41 Å². The Morgan fingerprint density at radius 2 is 2.29 bits per heavy atom. The number of aromatic nitrogens is 1. The summed E-state index contributed by atoms with van der Waals surface area (Å²) in [4.78, 5) is 15.3. The molecule has 0 spiro atoms. The van der Waals surface area contributed by atoms with Crippen molar-refractivity contribution in [1.82, 2.24) is 4.98 Å². The molecule has 2 heterocycles. The smallest absolute Gasteiger partial charge is 0.305 e. The number of hydrogen-bond donors (Lipinski definition) is 4. The van der Waals surface area contributed by atoms with E-state index in [1.54, 1.807) is 12.1 Å².